The van der Waals surface area contributed by atoms with Gasteiger partial charge in [0, 0.05) is 51.1 Å². The quantitative estimate of drug-likeness (QED) is 0.820. The van der Waals surface area contributed by atoms with Gasteiger partial charge >= 0.3 is 0 Å². The van der Waals surface area contributed by atoms with Gasteiger partial charge in [-0.25, -0.2) is 4.98 Å². The van der Waals surface area contributed by atoms with Gasteiger partial charge in [-0.3, -0.25) is 4.90 Å². The summed E-state index contributed by atoms with van der Waals surface area (Å²) in [5, 5.41) is 0. The molecular weight excluding hydrogens is 252 g/mol. The lowest BCUT2D eigenvalue weighted by molar-refractivity contribution is 0.150. The summed E-state index contributed by atoms with van der Waals surface area (Å²) in [5.74, 6) is 2.59. The first kappa shape index (κ1) is 14.0. The van der Waals surface area contributed by atoms with Gasteiger partial charge in [0.15, 0.2) is 0 Å². The molecule has 3 heterocycles. The highest BCUT2D eigenvalue weighted by Crippen LogP contribution is 2.20. The van der Waals surface area contributed by atoms with Gasteiger partial charge < -0.3 is 14.2 Å². The van der Waals surface area contributed by atoms with E-state index in [0.717, 1.165) is 45.9 Å². The van der Waals surface area contributed by atoms with E-state index in [4.69, 9.17) is 4.74 Å². The number of hydrogen-bond acceptors (Lipinski definition) is 4. The molecule has 3 rings (SSSR count). The van der Waals surface area contributed by atoms with E-state index in [2.05, 4.69) is 39.6 Å². The highest BCUT2D eigenvalue weighted by molar-refractivity contribution is 4.96. The minimum absolute atomic E-state index is 0.669. The number of aromatic nitrogens is 2. The second kappa shape index (κ2) is 6.24. The molecule has 112 valence electrons. The van der Waals surface area contributed by atoms with Crippen molar-refractivity contribution in [2.75, 3.05) is 46.9 Å². The first-order valence-electron chi connectivity index (χ1n) is 7.65. The first-order valence-corrected chi connectivity index (χ1v) is 7.65. The lowest BCUT2D eigenvalue weighted by atomic mass is 10.1. The predicted octanol–water partition coefficient (Wildman–Crippen LogP) is 0.913. The minimum atomic E-state index is 0.669. The Hall–Kier alpha value is -0.910. The van der Waals surface area contributed by atoms with Gasteiger partial charge in [-0.05, 0) is 26.4 Å². The van der Waals surface area contributed by atoms with Gasteiger partial charge in [0.05, 0.1) is 13.2 Å². The average molecular weight is 278 g/mol. The van der Waals surface area contributed by atoms with E-state index in [1.54, 1.807) is 0 Å². The molecule has 0 aromatic carbocycles. The maximum Gasteiger partial charge on any atom is 0.122 e. The van der Waals surface area contributed by atoms with Crippen LogP contribution in [0.3, 0.4) is 0 Å². The Morgan fingerprint density at radius 3 is 3.00 bits per heavy atom. The van der Waals surface area contributed by atoms with E-state index >= 15 is 0 Å². The van der Waals surface area contributed by atoms with E-state index in [-0.39, 0.29) is 0 Å². The van der Waals surface area contributed by atoms with Crippen molar-refractivity contribution in [1.82, 2.24) is 19.4 Å². The number of rotatable bonds is 4. The van der Waals surface area contributed by atoms with Gasteiger partial charge in [0.1, 0.15) is 5.82 Å². The molecule has 2 aliphatic rings. The summed E-state index contributed by atoms with van der Waals surface area (Å²) < 4.78 is 7.85. The Morgan fingerprint density at radius 2 is 2.25 bits per heavy atom. The fraction of sp³-hybridized carbons (Fsp3) is 0.800. The summed E-state index contributed by atoms with van der Waals surface area (Å²) >= 11 is 0. The highest BCUT2D eigenvalue weighted by Gasteiger charge is 2.26. The van der Waals surface area contributed by atoms with Crippen molar-refractivity contribution in [3.63, 3.8) is 0 Å². The zero-order valence-corrected chi connectivity index (χ0v) is 12.7. The first-order chi connectivity index (χ1) is 9.70. The zero-order valence-electron chi connectivity index (χ0n) is 12.7. The average Bonchev–Trinajstić information content (AvgIpc) is 2.99. The molecule has 5 heteroatoms. The van der Waals surface area contributed by atoms with Crippen LogP contribution in [-0.4, -0.2) is 66.3 Å². The third-order valence-electron chi connectivity index (χ3n) is 4.30. The van der Waals surface area contributed by atoms with Crippen LogP contribution in [0, 0.1) is 11.8 Å². The van der Waals surface area contributed by atoms with E-state index in [1.165, 1.54) is 12.2 Å². The molecule has 0 aliphatic carbocycles. The Morgan fingerprint density at radius 1 is 1.35 bits per heavy atom. The molecule has 0 N–H and O–H groups in total. The van der Waals surface area contributed by atoms with Crippen molar-refractivity contribution in [2.45, 2.75) is 19.5 Å². The van der Waals surface area contributed by atoms with Crippen LogP contribution in [0.1, 0.15) is 12.2 Å². The molecule has 2 unspecified atom stereocenters. The topological polar surface area (TPSA) is 33.5 Å². The van der Waals surface area contributed by atoms with Crippen LogP contribution < -0.4 is 0 Å². The fourth-order valence-corrected chi connectivity index (χ4v) is 3.49. The molecule has 0 amide bonds. The van der Waals surface area contributed by atoms with Crippen LogP contribution in [0.25, 0.3) is 0 Å². The molecule has 1 aromatic rings. The van der Waals surface area contributed by atoms with Crippen LogP contribution >= 0.6 is 0 Å². The summed E-state index contributed by atoms with van der Waals surface area (Å²) in [6, 6.07) is 0. The van der Waals surface area contributed by atoms with E-state index in [0.29, 0.717) is 11.8 Å². The number of ether oxygens (including phenoxy) is 1. The van der Waals surface area contributed by atoms with Crippen molar-refractivity contribution in [3.05, 3.63) is 18.2 Å². The molecule has 2 aliphatic heterocycles. The molecule has 1 aromatic heterocycles. The van der Waals surface area contributed by atoms with Crippen molar-refractivity contribution < 1.29 is 4.74 Å². The SMILES string of the molecule is CN(C)CC1CN(CC2CCOC2)Cc2nccn2C1. The number of fused-ring (bicyclic) bond motifs is 1. The Kier molecular flexibility index (Phi) is 4.38. The Balaban J connectivity index is 1.69. The molecule has 0 saturated carbocycles. The Labute approximate surface area is 121 Å². The normalized spacial score (nSPS) is 27.8. The van der Waals surface area contributed by atoms with E-state index in [9.17, 15) is 0 Å². The van der Waals surface area contributed by atoms with Gasteiger partial charge in [-0.15, -0.1) is 0 Å². The zero-order chi connectivity index (χ0) is 13.9. The third-order valence-corrected chi connectivity index (χ3v) is 4.30. The summed E-state index contributed by atoms with van der Waals surface area (Å²) in [7, 11) is 4.32. The van der Waals surface area contributed by atoms with E-state index < -0.39 is 0 Å². The molecular formula is C15H26N4O. The molecule has 0 bridgehead atoms. The second-order valence-corrected chi connectivity index (χ2v) is 6.55. The molecule has 5 nitrogen and oxygen atoms in total. The summed E-state index contributed by atoms with van der Waals surface area (Å²) in [6.07, 6.45) is 5.27. The summed E-state index contributed by atoms with van der Waals surface area (Å²) in [5.41, 5.74) is 0. The van der Waals surface area contributed by atoms with Crippen molar-refractivity contribution >= 4 is 0 Å². The lowest BCUT2D eigenvalue weighted by Crippen LogP contribution is -2.36. The monoisotopic (exact) mass is 278 g/mol. The van der Waals surface area contributed by atoms with Crippen LogP contribution in [0.15, 0.2) is 12.4 Å². The molecule has 0 spiro atoms. The number of nitrogens with zero attached hydrogens (tertiary/aromatic N) is 4. The van der Waals surface area contributed by atoms with Crippen LogP contribution in [0.4, 0.5) is 0 Å². The maximum absolute atomic E-state index is 5.52. The standard InChI is InChI=1S/C15H26N4O/c1-17(2)7-14-9-18(8-13-3-6-20-12-13)11-15-16-4-5-19(15)10-14/h4-5,13-14H,3,6-12H2,1-2H3. The van der Waals surface area contributed by atoms with Gasteiger partial charge in [0.2, 0.25) is 0 Å². The Bertz CT molecular complexity index is 425. The smallest absolute Gasteiger partial charge is 0.122 e. The van der Waals surface area contributed by atoms with Crippen molar-refractivity contribution in [2.24, 2.45) is 11.8 Å². The molecule has 1 saturated heterocycles. The maximum atomic E-state index is 5.52. The van der Waals surface area contributed by atoms with Crippen molar-refractivity contribution in [1.29, 1.82) is 0 Å². The molecule has 2 atom stereocenters. The second-order valence-electron chi connectivity index (χ2n) is 6.55. The van der Waals surface area contributed by atoms with Crippen LogP contribution in [0.2, 0.25) is 0 Å². The van der Waals surface area contributed by atoms with Gasteiger partial charge in [0.25, 0.3) is 0 Å². The highest BCUT2D eigenvalue weighted by atomic mass is 16.5. The number of hydrogen-bond donors (Lipinski definition) is 0. The third kappa shape index (κ3) is 3.40. The van der Waals surface area contributed by atoms with Crippen LogP contribution in [0.5, 0.6) is 0 Å². The van der Waals surface area contributed by atoms with E-state index in [1.807, 2.05) is 6.20 Å². The van der Waals surface area contributed by atoms with Crippen molar-refractivity contribution in [3.8, 4) is 0 Å². The predicted molar refractivity (Wildman–Crippen MR) is 78.5 cm³/mol. The van der Waals surface area contributed by atoms with Gasteiger partial charge in [-0.1, -0.05) is 0 Å². The van der Waals surface area contributed by atoms with Gasteiger partial charge in [-0.2, -0.15) is 0 Å². The molecule has 20 heavy (non-hydrogen) atoms. The minimum Gasteiger partial charge on any atom is -0.381 e. The largest absolute Gasteiger partial charge is 0.381 e. The fourth-order valence-electron chi connectivity index (χ4n) is 3.49. The summed E-state index contributed by atoms with van der Waals surface area (Å²) in [6.45, 7) is 7.39. The number of imidazole rings is 1. The molecule has 1 fully saturated rings. The molecule has 0 radical (unpaired) electrons. The summed E-state index contributed by atoms with van der Waals surface area (Å²) in [4.78, 5) is 9.41. The van der Waals surface area contributed by atoms with Crippen LogP contribution in [-0.2, 0) is 17.8 Å². The lowest BCUT2D eigenvalue weighted by Gasteiger charge is -2.27.